The average Bonchev–Trinajstić information content (AvgIpc) is 2.21. The number of hydrogen-bond acceptors (Lipinski definition) is 2. The van der Waals surface area contributed by atoms with Gasteiger partial charge in [0, 0.05) is 0 Å². The first-order valence-corrected chi connectivity index (χ1v) is 7.47. The molecule has 3 heteroatoms. The summed E-state index contributed by atoms with van der Waals surface area (Å²) in [7, 11) is 0. The van der Waals surface area contributed by atoms with Crippen molar-refractivity contribution >= 4 is 30.0 Å². The number of hydrogen-bond donors (Lipinski definition) is 0. The topological polar surface area (TPSA) is 25.8 Å². The van der Waals surface area contributed by atoms with Crippen molar-refractivity contribution in [1.29, 1.82) is 0 Å². The van der Waals surface area contributed by atoms with Crippen LogP contribution in [0, 0.1) is 0 Å². The Morgan fingerprint density at radius 3 is 1.69 bits per heavy atom. The van der Waals surface area contributed by atoms with E-state index in [-0.39, 0.29) is 0 Å². The third-order valence-corrected chi connectivity index (χ3v) is 5.37. The van der Waals surface area contributed by atoms with E-state index in [0.29, 0.717) is 0 Å². The molecule has 0 atom stereocenters. The molecule has 2 aromatic rings. The van der Waals surface area contributed by atoms with Crippen molar-refractivity contribution in [3.8, 4) is 0 Å². The van der Waals surface area contributed by atoms with Crippen molar-refractivity contribution in [2.24, 2.45) is 0 Å². The number of aromatic nitrogens is 2. The van der Waals surface area contributed by atoms with Crippen LogP contribution in [0.25, 0.3) is 0 Å². The molecule has 0 aliphatic heterocycles. The second-order valence-electron chi connectivity index (χ2n) is 2.49. The van der Waals surface area contributed by atoms with Crippen molar-refractivity contribution in [1.82, 2.24) is 9.97 Å². The first kappa shape index (κ1) is 8.77. The SMILES string of the molecule is c1cc[c]([Bi+][c]2ccccn2)nc1. The summed E-state index contributed by atoms with van der Waals surface area (Å²) < 4.78 is 2.47. The van der Waals surface area contributed by atoms with Gasteiger partial charge in [-0.3, -0.25) is 0 Å². The number of pyridine rings is 2. The molecule has 2 aromatic heterocycles. The van der Waals surface area contributed by atoms with Crippen molar-refractivity contribution in [3.63, 3.8) is 0 Å². The fourth-order valence-corrected chi connectivity index (χ4v) is 4.09. The van der Waals surface area contributed by atoms with Crippen LogP contribution < -0.4 is 6.80 Å². The third-order valence-electron chi connectivity index (χ3n) is 1.53. The molecule has 0 saturated heterocycles. The summed E-state index contributed by atoms with van der Waals surface area (Å²) >= 11 is -0.835. The standard InChI is InChI=1S/2C5H4N.Bi/c2*1-2-4-6-5-3-1;/h2*1-4H;/q;;+1. The molecule has 13 heavy (non-hydrogen) atoms. The summed E-state index contributed by atoms with van der Waals surface area (Å²) in [5.74, 6) is 0. The second-order valence-corrected chi connectivity index (χ2v) is 6.92. The van der Waals surface area contributed by atoms with Gasteiger partial charge >= 0.3 is 88.8 Å². The first-order valence-electron chi connectivity index (χ1n) is 3.99. The van der Waals surface area contributed by atoms with Crippen LogP contribution in [0.4, 0.5) is 0 Å². The van der Waals surface area contributed by atoms with Gasteiger partial charge in [-0.1, -0.05) is 0 Å². The fourth-order valence-electron chi connectivity index (χ4n) is 0.957. The zero-order valence-electron chi connectivity index (χ0n) is 6.96. The van der Waals surface area contributed by atoms with Crippen molar-refractivity contribution < 1.29 is 0 Å². The zero-order valence-corrected chi connectivity index (χ0v) is 10.4. The average molecular weight is 365 g/mol. The monoisotopic (exact) mass is 365 g/mol. The van der Waals surface area contributed by atoms with E-state index in [2.05, 4.69) is 22.1 Å². The van der Waals surface area contributed by atoms with E-state index in [9.17, 15) is 0 Å². The molecule has 2 radical (unpaired) electrons. The summed E-state index contributed by atoms with van der Waals surface area (Å²) in [6, 6.07) is 12.1. The van der Waals surface area contributed by atoms with Gasteiger partial charge in [-0.15, -0.1) is 0 Å². The van der Waals surface area contributed by atoms with E-state index in [0.717, 1.165) is 0 Å². The van der Waals surface area contributed by atoms with Crippen LogP contribution in [0.5, 0.6) is 0 Å². The molecule has 0 fully saturated rings. The zero-order chi connectivity index (χ0) is 8.93. The van der Waals surface area contributed by atoms with Crippen LogP contribution in [-0.2, 0) is 0 Å². The Morgan fingerprint density at radius 2 is 1.31 bits per heavy atom. The maximum atomic E-state index is 4.31. The van der Waals surface area contributed by atoms with Gasteiger partial charge in [-0.05, 0) is 0 Å². The van der Waals surface area contributed by atoms with Crippen LogP contribution in [0.1, 0.15) is 0 Å². The Bertz CT molecular complexity index is 324. The summed E-state index contributed by atoms with van der Waals surface area (Å²) in [6.45, 7) is 0. The summed E-state index contributed by atoms with van der Waals surface area (Å²) in [6.07, 6.45) is 3.70. The van der Waals surface area contributed by atoms with Crippen molar-refractivity contribution in [3.05, 3.63) is 48.8 Å². The van der Waals surface area contributed by atoms with E-state index < -0.39 is 23.2 Å². The van der Waals surface area contributed by atoms with Crippen molar-refractivity contribution in [2.45, 2.75) is 0 Å². The van der Waals surface area contributed by atoms with Gasteiger partial charge in [-0.2, -0.15) is 0 Å². The Labute approximate surface area is 88.6 Å². The van der Waals surface area contributed by atoms with Crippen LogP contribution in [0.3, 0.4) is 0 Å². The fraction of sp³-hybridized carbons (Fsp3) is 0. The van der Waals surface area contributed by atoms with E-state index in [1.807, 2.05) is 36.7 Å². The molecule has 0 bridgehead atoms. The van der Waals surface area contributed by atoms with Crippen LogP contribution in [-0.4, -0.2) is 33.2 Å². The predicted octanol–water partition coefficient (Wildman–Crippen LogP) is 0.132. The Balaban J connectivity index is 2.16. The maximum absolute atomic E-state index is 4.31. The van der Waals surface area contributed by atoms with E-state index in [4.69, 9.17) is 0 Å². The number of rotatable bonds is 2. The molecular weight excluding hydrogens is 357 g/mol. The minimum absolute atomic E-state index is 0.835. The van der Waals surface area contributed by atoms with Gasteiger partial charge in [0.05, 0.1) is 0 Å². The van der Waals surface area contributed by atoms with Gasteiger partial charge in [0.25, 0.3) is 0 Å². The molecule has 2 nitrogen and oxygen atoms in total. The second kappa shape index (κ2) is 4.43. The molecule has 0 aromatic carbocycles. The molecule has 0 spiro atoms. The molecule has 0 aliphatic rings. The first-order chi connectivity index (χ1) is 6.45. The molecule has 0 amide bonds. The van der Waals surface area contributed by atoms with Crippen LogP contribution >= 0.6 is 0 Å². The molecule has 2 rings (SSSR count). The Morgan fingerprint density at radius 1 is 0.769 bits per heavy atom. The van der Waals surface area contributed by atoms with E-state index in [1.165, 1.54) is 6.80 Å². The molecule has 0 N–H and O–H groups in total. The van der Waals surface area contributed by atoms with E-state index >= 15 is 0 Å². The molecule has 2 heterocycles. The third kappa shape index (κ3) is 2.56. The van der Waals surface area contributed by atoms with Gasteiger partial charge in [0.1, 0.15) is 0 Å². The Hall–Kier alpha value is -0.817. The van der Waals surface area contributed by atoms with Gasteiger partial charge in [-0.25, -0.2) is 0 Å². The van der Waals surface area contributed by atoms with Gasteiger partial charge in [0.15, 0.2) is 0 Å². The number of nitrogens with zero attached hydrogens (tertiary/aromatic N) is 2. The summed E-state index contributed by atoms with van der Waals surface area (Å²) in [4.78, 5) is 8.63. The van der Waals surface area contributed by atoms with E-state index in [1.54, 1.807) is 0 Å². The Kier molecular flexibility index (Phi) is 2.99. The molecule has 0 unspecified atom stereocenters. The molecule has 0 aliphatic carbocycles. The van der Waals surface area contributed by atoms with Gasteiger partial charge in [0.2, 0.25) is 0 Å². The van der Waals surface area contributed by atoms with Crippen LogP contribution in [0.15, 0.2) is 48.8 Å². The van der Waals surface area contributed by atoms with Gasteiger partial charge < -0.3 is 0 Å². The minimum atomic E-state index is -0.835. The van der Waals surface area contributed by atoms with Crippen molar-refractivity contribution in [2.75, 3.05) is 0 Å². The summed E-state index contributed by atoms with van der Waals surface area (Å²) in [5, 5.41) is 0. The van der Waals surface area contributed by atoms with Crippen LogP contribution in [0.2, 0.25) is 0 Å². The normalized spacial score (nSPS) is 9.85. The summed E-state index contributed by atoms with van der Waals surface area (Å²) in [5.41, 5.74) is 0. The molecule has 0 saturated carbocycles. The predicted molar refractivity (Wildman–Crippen MR) is 53.5 cm³/mol. The molecule has 62 valence electrons. The molecular formula is C10H8BiN2+. The quantitative estimate of drug-likeness (QED) is 0.708.